The van der Waals surface area contributed by atoms with Gasteiger partial charge in [-0.15, -0.1) is 0 Å². The second kappa shape index (κ2) is 7.45. The molecule has 2 unspecified atom stereocenters. The van der Waals surface area contributed by atoms with E-state index in [1.54, 1.807) is 13.0 Å². The van der Waals surface area contributed by atoms with E-state index in [9.17, 15) is 9.59 Å². The molecule has 0 bridgehead atoms. The molecule has 5 heteroatoms. The molecule has 1 amide bonds. The highest BCUT2D eigenvalue weighted by atomic mass is 16.5. The lowest BCUT2D eigenvalue weighted by Gasteiger charge is -2.22. The summed E-state index contributed by atoms with van der Waals surface area (Å²) in [7, 11) is 1.35. The lowest BCUT2D eigenvalue weighted by molar-refractivity contribution is -0.146. The molecule has 1 N–H and O–H groups in total. The van der Waals surface area contributed by atoms with E-state index in [0.717, 1.165) is 5.56 Å². The summed E-state index contributed by atoms with van der Waals surface area (Å²) < 4.78 is 9.76. The third-order valence-corrected chi connectivity index (χ3v) is 3.55. The highest BCUT2D eigenvalue weighted by Gasteiger charge is 2.28. The Morgan fingerprint density at radius 1 is 1.23 bits per heavy atom. The third kappa shape index (κ3) is 3.97. The summed E-state index contributed by atoms with van der Waals surface area (Å²) in [5.74, 6) is -1.07. The molecular weight excluding hydrogens is 282 g/mol. The summed E-state index contributed by atoms with van der Waals surface area (Å²) in [4.78, 5) is 24.1. The van der Waals surface area contributed by atoms with Gasteiger partial charge in [0.25, 0.3) is 5.91 Å². The van der Waals surface area contributed by atoms with Crippen LogP contribution in [0, 0.1) is 5.92 Å². The summed E-state index contributed by atoms with van der Waals surface area (Å²) in [6.07, 6.45) is 3.30. The Labute approximate surface area is 129 Å². The van der Waals surface area contributed by atoms with Crippen molar-refractivity contribution in [3.63, 3.8) is 0 Å². The molecule has 0 aliphatic heterocycles. The maximum Gasteiger partial charge on any atom is 0.311 e. The Bertz CT molecular complexity index is 607. The number of benzene rings is 1. The zero-order chi connectivity index (χ0) is 15.9. The van der Waals surface area contributed by atoms with E-state index in [1.807, 2.05) is 30.3 Å². The van der Waals surface area contributed by atoms with Crippen LogP contribution >= 0.6 is 0 Å². The molecule has 0 saturated heterocycles. The fraction of sp³-hybridized carbons (Fsp3) is 0.294. The van der Waals surface area contributed by atoms with E-state index >= 15 is 0 Å². The quantitative estimate of drug-likeness (QED) is 0.832. The molecule has 0 aliphatic rings. The van der Waals surface area contributed by atoms with Crippen LogP contribution in [0.25, 0.3) is 0 Å². The smallest absolute Gasteiger partial charge is 0.311 e. The summed E-state index contributed by atoms with van der Waals surface area (Å²) in [6.45, 7) is 1.79. The van der Waals surface area contributed by atoms with Crippen molar-refractivity contribution < 1.29 is 18.7 Å². The zero-order valence-electron chi connectivity index (χ0n) is 12.6. The number of hydrogen-bond acceptors (Lipinski definition) is 4. The first-order valence-corrected chi connectivity index (χ1v) is 7.06. The predicted octanol–water partition coefficient (Wildman–Crippen LogP) is 2.43. The second-order valence-corrected chi connectivity index (χ2v) is 5.09. The van der Waals surface area contributed by atoms with Crippen LogP contribution in [0.5, 0.6) is 0 Å². The lowest BCUT2D eigenvalue weighted by atomic mass is 9.93. The average Bonchev–Trinajstić information content (AvgIpc) is 3.07. The number of esters is 1. The number of methoxy groups -OCH3 is 1. The van der Waals surface area contributed by atoms with Gasteiger partial charge in [-0.3, -0.25) is 9.59 Å². The Hall–Kier alpha value is -2.56. The Balaban J connectivity index is 2.07. The molecule has 1 aromatic heterocycles. The maximum atomic E-state index is 12.1. The maximum absolute atomic E-state index is 12.1. The van der Waals surface area contributed by atoms with Crippen molar-refractivity contribution in [3.05, 3.63) is 60.1 Å². The molecule has 0 saturated carbocycles. The van der Waals surface area contributed by atoms with Crippen molar-refractivity contribution >= 4 is 11.9 Å². The first kappa shape index (κ1) is 15.8. The van der Waals surface area contributed by atoms with E-state index in [1.165, 1.54) is 19.6 Å². The van der Waals surface area contributed by atoms with E-state index in [0.29, 0.717) is 12.0 Å². The van der Waals surface area contributed by atoms with Gasteiger partial charge in [0.2, 0.25) is 0 Å². The SMILES string of the molecule is COC(=O)C(Cc1ccccc1)C(C)NC(=O)c1ccoc1. The topological polar surface area (TPSA) is 68.5 Å². The molecule has 0 fully saturated rings. The number of rotatable bonds is 6. The van der Waals surface area contributed by atoms with Gasteiger partial charge in [-0.05, 0) is 25.0 Å². The summed E-state index contributed by atoms with van der Waals surface area (Å²) >= 11 is 0. The molecule has 2 atom stereocenters. The fourth-order valence-corrected chi connectivity index (χ4v) is 2.27. The van der Waals surface area contributed by atoms with E-state index in [2.05, 4.69) is 5.32 Å². The molecule has 22 heavy (non-hydrogen) atoms. The minimum absolute atomic E-state index is 0.275. The molecule has 5 nitrogen and oxygen atoms in total. The first-order chi connectivity index (χ1) is 10.6. The van der Waals surface area contributed by atoms with Crippen molar-refractivity contribution in [3.8, 4) is 0 Å². The predicted molar refractivity (Wildman–Crippen MR) is 81.3 cm³/mol. The van der Waals surface area contributed by atoms with E-state index in [4.69, 9.17) is 9.15 Å². The van der Waals surface area contributed by atoms with Gasteiger partial charge in [0, 0.05) is 6.04 Å². The Morgan fingerprint density at radius 2 is 1.95 bits per heavy atom. The molecule has 1 aromatic carbocycles. The number of carbonyl (C=O) groups is 2. The van der Waals surface area contributed by atoms with Crippen LogP contribution in [0.3, 0.4) is 0 Å². The molecule has 2 aromatic rings. The van der Waals surface area contributed by atoms with Crippen LogP contribution in [-0.2, 0) is 16.0 Å². The summed E-state index contributed by atoms with van der Waals surface area (Å²) in [5, 5.41) is 2.82. The van der Waals surface area contributed by atoms with Crippen molar-refractivity contribution in [1.82, 2.24) is 5.32 Å². The highest BCUT2D eigenvalue weighted by Crippen LogP contribution is 2.15. The lowest BCUT2D eigenvalue weighted by Crippen LogP contribution is -2.42. The molecule has 1 heterocycles. The van der Waals surface area contributed by atoms with Gasteiger partial charge < -0.3 is 14.5 Å². The van der Waals surface area contributed by atoms with Gasteiger partial charge in [-0.25, -0.2) is 0 Å². The normalized spacial score (nSPS) is 13.2. The monoisotopic (exact) mass is 301 g/mol. The van der Waals surface area contributed by atoms with E-state index < -0.39 is 5.92 Å². The minimum Gasteiger partial charge on any atom is -0.472 e. The van der Waals surface area contributed by atoms with Gasteiger partial charge in [0.1, 0.15) is 6.26 Å². The number of nitrogens with one attached hydrogen (secondary N) is 1. The van der Waals surface area contributed by atoms with Crippen LogP contribution in [0.1, 0.15) is 22.8 Å². The number of amides is 1. The van der Waals surface area contributed by atoms with Crippen molar-refractivity contribution in [1.29, 1.82) is 0 Å². The van der Waals surface area contributed by atoms with Crippen LogP contribution in [0.4, 0.5) is 0 Å². The summed E-state index contributed by atoms with van der Waals surface area (Å²) in [6, 6.07) is 10.8. The average molecular weight is 301 g/mol. The van der Waals surface area contributed by atoms with Crippen LogP contribution in [-0.4, -0.2) is 25.0 Å². The Kier molecular flexibility index (Phi) is 5.36. The first-order valence-electron chi connectivity index (χ1n) is 7.06. The van der Waals surface area contributed by atoms with Gasteiger partial charge in [-0.2, -0.15) is 0 Å². The molecule has 2 rings (SSSR count). The molecule has 0 aliphatic carbocycles. The zero-order valence-corrected chi connectivity index (χ0v) is 12.6. The minimum atomic E-state index is -0.455. The molecular formula is C17H19NO4. The standard InChI is InChI=1S/C17H19NO4/c1-12(18-16(19)14-8-9-22-11-14)15(17(20)21-2)10-13-6-4-3-5-7-13/h3-9,11-12,15H,10H2,1-2H3,(H,18,19). The largest absolute Gasteiger partial charge is 0.472 e. The fourth-order valence-electron chi connectivity index (χ4n) is 2.27. The van der Waals surface area contributed by atoms with Gasteiger partial charge >= 0.3 is 5.97 Å². The number of furan rings is 1. The second-order valence-electron chi connectivity index (χ2n) is 5.09. The summed E-state index contributed by atoms with van der Waals surface area (Å²) in [5.41, 5.74) is 1.44. The van der Waals surface area contributed by atoms with Crippen molar-refractivity contribution in [2.45, 2.75) is 19.4 Å². The van der Waals surface area contributed by atoms with Gasteiger partial charge in [-0.1, -0.05) is 30.3 Å². The molecule has 0 spiro atoms. The highest BCUT2D eigenvalue weighted by molar-refractivity contribution is 5.94. The van der Waals surface area contributed by atoms with Crippen LogP contribution in [0.2, 0.25) is 0 Å². The van der Waals surface area contributed by atoms with Crippen LogP contribution in [0.15, 0.2) is 53.3 Å². The Morgan fingerprint density at radius 3 is 2.55 bits per heavy atom. The number of hydrogen-bond donors (Lipinski definition) is 1. The van der Waals surface area contributed by atoms with E-state index in [-0.39, 0.29) is 17.9 Å². The van der Waals surface area contributed by atoms with Crippen LogP contribution < -0.4 is 5.32 Å². The number of ether oxygens (including phenoxy) is 1. The van der Waals surface area contributed by atoms with Gasteiger partial charge in [0.15, 0.2) is 0 Å². The molecule has 0 radical (unpaired) electrons. The van der Waals surface area contributed by atoms with Gasteiger partial charge in [0.05, 0.1) is 24.9 Å². The molecule has 116 valence electrons. The van der Waals surface area contributed by atoms with Crippen molar-refractivity contribution in [2.75, 3.05) is 7.11 Å². The number of carbonyl (C=O) groups excluding carboxylic acids is 2. The third-order valence-electron chi connectivity index (χ3n) is 3.55. The van der Waals surface area contributed by atoms with Crippen molar-refractivity contribution in [2.24, 2.45) is 5.92 Å².